The van der Waals surface area contributed by atoms with Crippen molar-refractivity contribution in [2.75, 3.05) is 19.6 Å². The van der Waals surface area contributed by atoms with Crippen LogP contribution in [0.2, 0.25) is 0 Å². The Bertz CT molecular complexity index is 1040. The number of carbonyl (C=O) groups is 2. The minimum atomic E-state index is -0.950. The Morgan fingerprint density at radius 1 is 1.06 bits per heavy atom. The predicted octanol–water partition coefficient (Wildman–Crippen LogP) is 5.07. The summed E-state index contributed by atoms with van der Waals surface area (Å²) in [6, 6.07) is 8.42. The van der Waals surface area contributed by atoms with E-state index < -0.39 is 5.54 Å². The lowest BCUT2D eigenvalue weighted by atomic mass is 9.91. The van der Waals surface area contributed by atoms with E-state index in [0.717, 1.165) is 50.9 Å². The van der Waals surface area contributed by atoms with E-state index in [0.29, 0.717) is 30.6 Å². The standard InChI is InChI=1S/C29H42N4O3/c1-3-23-13-7-8-17-31(23)18-10-19-33-27(34)25-16-15-24(26-14-9-20-36-26)32(25)21-29(33,2)28(35)30-22-11-5-4-6-12-22/h9,14-16,20,22-23H,3-8,10-13,17-19,21H2,1-2H3,(H,30,35). The van der Waals surface area contributed by atoms with Crippen LogP contribution in [-0.2, 0) is 11.3 Å². The van der Waals surface area contributed by atoms with E-state index >= 15 is 0 Å². The summed E-state index contributed by atoms with van der Waals surface area (Å²) in [4.78, 5) is 32.2. The smallest absolute Gasteiger partial charge is 0.271 e. The van der Waals surface area contributed by atoms with Crippen LogP contribution in [0.15, 0.2) is 34.9 Å². The van der Waals surface area contributed by atoms with Crippen molar-refractivity contribution in [2.24, 2.45) is 0 Å². The summed E-state index contributed by atoms with van der Waals surface area (Å²) in [5.74, 6) is 0.621. The Kier molecular flexibility index (Phi) is 7.56. The van der Waals surface area contributed by atoms with Crippen molar-refractivity contribution < 1.29 is 14.0 Å². The van der Waals surface area contributed by atoms with Crippen LogP contribution in [0.3, 0.4) is 0 Å². The first-order chi connectivity index (χ1) is 17.5. The number of hydrogen-bond acceptors (Lipinski definition) is 4. The van der Waals surface area contributed by atoms with E-state index in [1.165, 1.54) is 32.1 Å². The van der Waals surface area contributed by atoms with Crippen LogP contribution >= 0.6 is 0 Å². The third-order valence-corrected chi connectivity index (χ3v) is 8.76. The van der Waals surface area contributed by atoms with Crippen molar-refractivity contribution in [2.45, 2.75) is 102 Å². The minimum Gasteiger partial charge on any atom is -0.463 e. The van der Waals surface area contributed by atoms with Gasteiger partial charge in [-0.25, -0.2) is 0 Å². The molecule has 1 saturated heterocycles. The molecule has 1 saturated carbocycles. The first kappa shape index (κ1) is 25.1. The zero-order chi connectivity index (χ0) is 25.1. The van der Waals surface area contributed by atoms with Crippen LogP contribution < -0.4 is 5.32 Å². The Morgan fingerprint density at radius 2 is 1.83 bits per heavy atom. The number of rotatable bonds is 8. The van der Waals surface area contributed by atoms with Crippen LogP contribution in [0, 0.1) is 0 Å². The quantitative estimate of drug-likeness (QED) is 0.556. The van der Waals surface area contributed by atoms with E-state index in [1.807, 2.05) is 40.7 Å². The zero-order valence-corrected chi connectivity index (χ0v) is 22.0. The van der Waals surface area contributed by atoms with Gasteiger partial charge in [-0.05, 0) is 76.3 Å². The molecular formula is C29H42N4O3. The molecule has 1 N–H and O–H groups in total. The molecule has 2 amide bonds. The average molecular weight is 495 g/mol. The van der Waals surface area contributed by atoms with E-state index in [1.54, 1.807) is 6.26 Å². The highest BCUT2D eigenvalue weighted by Gasteiger charge is 2.48. The van der Waals surface area contributed by atoms with Crippen molar-refractivity contribution in [3.8, 4) is 11.5 Å². The van der Waals surface area contributed by atoms with Crippen LogP contribution in [0.25, 0.3) is 11.5 Å². The molecule has 0 aromatic carbocycles. The van der Waals surface area contributed by atoms with Crippen molar-refractivity contribution in [1.29, 1.82) is 0 Å². The number of furan rings is 1. The van der Waals surface area contributed by atoms with Crippen LogP contribution in [0.4, 0.5) is 0 Å². The maximum atomic E-state index is 13.9. The molecule has 4 heterocycles. The molecule has 1 aliphatic carbocycles. The molecule has 0 radical (unpaired) electrons. The summed E-state index contributed by atoms with van der Waals surface area (Å²) in [5, 5.41) is 3.33. The fourth-order valence-corrected chi connectivity index (χ4v) is 6.60. The molecule has 3 aliphatic rings. The van der Waals surface area contributed by atoms with Gasteiger partial charge in [-0.2, -0.15) is 0 Å². The Labute approximate surface area is 215 Å². The molecule has 2 aromatic rings. The number of nitrogens with zero attached hydrogens (tertiary/aromatic N) is 3. The number of amides is 2. The lowest BCUT2D eigenvalue weighted by molar-refractivity contribution is -0.133. The van der Waals surface area contributed by atoms with Crippen LogP contribution in [0.1, 0.15) is 88.5 Å². The van der Waals surface area contributed by atoms with Gasteiger partial charge >= 0.3 is 0 Å². The number of carbonyl (C=O) groups excluding carboxylic acids is 2. The van der Waals surface area contributed by atoms with Gasteiger partial charge in [0.15, 0.2) is 0 Å². The topological polar surface area (TPSA) is 70.7 Å². The summed E-state index contributed by atoms with van der Waals surface area (Å²) in [6.45, 7) is 7.35. The van der Waals surface area contributed by atoms with Gasteiger partial charge in [0.1, 0.15) is 17.0 Å². The van der Waals surface area contributed by atoms with Crippen molar-refractivity contribution in [1.82, 2.24) is 19.7 Å². The molecule has 2 fully saturated rings. The number of piperidine rings is 1. The molecule has 0 spiro atoms. The highest BCUT2D eigenvalue weighted by molar-refractivity contribution is 6.00. The van der Waals surface area contributed by atoms with Gasteiger partial charge in [-0.3, -0.25) is 9.59 Å². The lowest BCUT2D eigenvalue weighted by Gasteiger charge is -2.45. The van der Waals surface area contributed by atoms with Crippen LogP contribution in [0.5, 0.6) is 0 Å². The largest absolute Gasteiger partial charge is 0.463 e. The van der Waals surface area contributed by atoms with E-state index in [4.69, 9.17) is 4.42 Å². The molecule has 196 valence electrons. The normalized spacial score (nSPS) is 25.7. The molecule has 2 atom stereocenters. The lowest BCUT2D eigenvalue weighted by Crippen LogP contribution is -2.65. The first-order valence-electron chi connectivity index (χ1n) is 14.1. The van der Waals surface area contributed by atoms with Crippen LogP contribution in [-0.4, -0.2) is 63.4 Å². The van der Waals surface area contributed by atoms with Gasteiger partial charge in [0.25, 0.3) is 5.91 Å². The van der Waals surface area contributed by atoms with E-state index in [2.05, 4.69) is 17.1 Å². The number of likely N-dealkylation sites (tertiary alicyclic amines) is 1. The fraction of sp³-hybridized carbons (Fsp3) is 0.655. The number of nitrogens with one attached hydrogen (secondary N) is 1. The monoisotopic (exact) mass is 494 g/mol. The number of fused-ring (bicyclic) bond motifs is 1. The third-order valence-electron chi connectivity index (χ3n) is 8.76. The Morgan fingerprint density at radius 3 is 2.58 bits per heavy atom. The SMILES string of the molecule is CCC1CCCCN1CCCN1C(=O)c2ccc(-c3ccco3)n2CC1(C)C(=O)NC1CCCCC1. The van der Waals surface area contributed by atoms with Crippen molar-refractivity contribution in [3.63, 3.8) is 0 Å². The molecule has 2 aliphatic heterocycles. The molecule has 2 aromatic heterocycles. The average Bonchev–Trinajstić information content (AvgIpc) is 3.57. The van der Waals surface area contributed by atoms with E-state index in [-0.39, 0.29) is 17.9 Å². The summed E-state index contributed by atoms with van der Waals surface area (Å²) >= 11 is 0. The van der Waals surface area contributed by atoms with Crippen molar-refractivity contribution in [3.05, 3.63) is 36.2 Å². The second kappa shape index (κ2) is 10.8. The fourth-order valence-electron chi connectivity index (χ4n) is 6.60. The Balaban J connectivity index is 1.38. The highest BCUT2D eigenvalue weighted by Crippen LogP contribution is 2.34. The van der Waals surface area contributed by atoms with Gasteiger partial charge in [0.05, 0.1) is 18.5 Å². The number of aromatic nitrogens is 1. The van der Waals surface area contributed by atoms with Gasteiger partial charge in [0, 0.05) is 25.2 Å². The molecule has 2 unspecified atom stereocenters. The first-order valence-corrected chi connectivity index (χ1v) is 14.1. The summed E-state index contributed by atoms with van der Waals surface area (Å²) < 4.78 is 7.64. The third kappa shape index (κ3) is 4.86. The maximum Gasteiger partial charge on any atom is 0.271 e. The zero-order valence-electron chi connectivity index (χ0n) is 22.0. The molecular weight excluding hydrogens is 452 g/mol. The maximum absolute atomic E-state index is 13.9. The Hall–Kier alpha value is -2.54. The van der Waals surface area contributed by atoms with Gasteiger partial charge in [-0.1, -0.05) is 32.6 Å². The second-order valence-corrected chi connectivity index (χ2v) is 11.2. The van der Waals surface area contributed by atoms with Crippen molar-refractivity contribution >= 4 is 11.8 Å². The molecule has 7 nitrogen and oxygen atoms in total. The predicted molar refractivity (Wildman–Crippen MR) is 141 cm³/mol. The summed E-state index contributed by atoms with van der Waals surface area (Å²) in [7, 11) is 0. The molecule has 7 heteroatoms. The minimum absolute atomic E-state index is 0.0306. The molecule has 0 bridgehead atoms. The second-order valence-electron chi connectivity index (χ2n) is 11.2. The highest BCUT2D eigenvalue weighted by atomic mass is 16.3. The van der Waals surface area contributed by atoms with Gasteiger partial charge < -0.3 is 24.1 Å². The molecule has 36 heavy (non-hydrogen) atoms. The van der Waals surface area contributed by atoms with E-state index in [9.17, 15) is 9.59 Å². The van der Waals surface area contributed by atoms with Gasteiger partial charge in [-0.15, -0.1) is 0 Å². The molecule has 5 rings (SSSR count). The van der Waals surface area contributed by atoms with Gasteiger partial charge in [0.2, 0.25) is 5.91 Å². The number of hydrogen-bond donors (Lipinski definition) is 1. The summed E-state index contributed by atoms with van der Waals surface area (Å²) in [5.41, 5.74) is 0.529. The summed E-state index contributed by atoms with van der Waals surface area (Å²) in [6.07, 6.45) is 13.1.